The standard InChI is InChI=1S/C21H22FN7O2/c1-20-4-2-7-28(20)14-3-8-29-17(25-14)15(16(23)27-29)18(30)26-21(5-6-21)11-31-19-13(20)9-12(22)10-24-19/h3,8-10H,2,4-7,11H2,1H3,(H2,23,27)(H,26,30)/t20-/m1/s1. The van der Waals surface area contributed by atoms with Crippen LogP contribution >= 0.6 is 0 Å². The van der Waals surface area contributed by atoms with Crippen molar-refractivity contribution in [1.82, 2.24) is 24.9 Å². The Morgan fingerprint density at radius 2 is 2.16 bits per heavy atom. The average molecular weight is 423 g/mol. The maximum atomic E-state index is 14.3. The second kappa shape index (κ2) is 6.05. The third kappa shape index (κ3) is 2.67. The van der Waals surface area contributed by atoms with Crippen molar-refractivity contribution in [2.45, 2.75) is 43.7 Å². The lowest BCUT2D eigenvalue weighted by Gasteiger charge is -2.37. The summed E-state index contributed by atoms with van der Waals surface area (Å²) in [6, 6.07) is 3.33. The minimum absolute atomic E-state index is 0.130. The smallest absolute Gasteiger partial charge is 0.259 e. The molecule has 160 valence electrons. The van der Waals surface area contributed by atoms with E-state index < -0.39 is 16.9 Å². The Morgan fingerprint density at radius 1 is 1.32 bits per heavy atom. The topological polar surface area (TPSA) is 111 Å². The number of fused-ring (bicyclic) bond motifs is 5. The molecule has 1 atom stereocenters. The molecule has 1 saturated carbocycles. The summed E-state index contributed by atoms with van der Waals surface area (Å²) in [6.07, 6.45) is 6.15. The highest BCUT2D eigenvalue weighted by molar-refractivity contribution is 6.04. The molecule has 2 aliphatic heterocycles. The summed E-state index contributed by atoms with van der Waals surface area (Å²) in [6.45, 7) is 3.03. The Hall–Kier alpha value is -3.43. The van der Waals surface area contributed by atoms with Gasteiger partial charge in [-0.15, -0.1) is 5.10 Å². The molecule has 5 heterocycles. The molecule has 10 heteroatoms. The zero-order valence-electron chi connectivity index (χ0n) is 17.1. The highest BCUT2D eigenvalue weighted by Crippen LogP contribution is 2.45. The van der Waals surface area contributed by atoms with Crippen LogP contribution in [0.25, 0.3) is 5.65 Å². The molecule has 3 N–H and O–H groups in total. The van der Waals surface area contributed by atoms with E-state index in [1.165, 1.54) is 16.8 Å². The van der Waals surface area contributed by atoms with Gasteiger partial charge in [0.05, 0.1) is 17.3 Å². The first-order valence-corrected chi connectivity index (χ1v) is 10.4. The van der Waals surface area contributed by atoms with Gasteiger partial charge in [-0.1, -0.05) is 0 Å². The highest BCUT2D eigenvalue weighted by atomic mass is 19.1. The number of carbonyl (C=O) groups excluding carboxylic acids is 1. The molecule has 9 nitrogen and oxygen atoms in total. The monoisotopic (exact) mass is 423 g/mol. The van der Waals surface area contributed by atoms with Gasteiger partial charge in [-0.25, -0.2) is 18.9 Å². The molecule has 1 saturated heterocycles. The maximum absolute atomic E-state index is 14.3. The molecule has 31 heavy (non-hydrogen) atoms. The van der Waals surface area contributed by atoms with Crippen molar-refractivity contribution >= 4 is 23.2 Å². The lowest BCUT2D eigenvalue weighted by atomic mass is 9.89. The molecule has 0 unspecified atom stereocenters. The van der Waals surface area contributed by atoms with Crippen LogP contribution < -0.4 is 20.7 Å². The molecule has 1 amide bonds. The van der Waals surface area contributed by atoms with Crippen molar-refractivity contribution in [2.24, 2.45) is 0 Å². The number of aromatic nitrogens is 4. The van der Waals surface area contributed by atoms with Gasteiger partial charge in [0, 0.05) is 18.3 Å². The lowest BCUT2D eigenvalue weighted by molar-refractivity contribution is 0.0913. The van der Waals surface area contributed by atoms with Crippen LogP contribution in [0.5, 0.6) is 5.88 Å². The van der Waals surface area contributed by atoms with E-state index in [4.69, 9.17) is 15.5 Å². The lowest BCUT2D eigenvalue weighted by Crippen LogP contribution is -2.42. The van der Waals surface area contributed by atoms with E-state index >= 15 is 0 Å². The minimum Gasteiger partial charge on any atom is -0.475 e. The number of nitrogens with zero attached hydrogens (tertiary/aromatic N) is 5. The second-order valence-electron chi connectivity index (χ2n) is 8.87. The Bertz CT molecular complexity index is 1240. The summed E-state index contributed by atoms with van der Waals surface area (Å²) < 4.78 is 21.9. The van der Waals surface area contributed by atoms with Gasteiger partial charge >= 0.3 is 0 Å². The van der Waals surface area contributed by atoms with Crippen molar-refractivity contribution in [3.05, 3.63) is 41.5 Å². The minimum atomic E-state index is -0.566. The largest absolute Gasteiger partial charge is 0.475 e. The number of nitrogen functional groups attached to an aromatic ring is 1. The van der Waals surface area contributed by atoms with Gasteiger partial charge in [-0.05, 0) is 44.7 Å². The van der Waals surface area contributed by atoms with Gasteiger partial charge in [-0.2, -0.15) is 0 Å². The molecule has 3 aromatic rings. The van der Waals surface area contributed by atoms with Crippen molar-refractivity contribution in [2.75, 3.05) is 23.8 Å². The van der Waals surface area contributed by atoms with Gasteiger partial charge in [0.25, 0.3) is 5.91 Å². The third-order valence-corrected chi connectivity index (χ3v) is 6.76. The highest BCUT2D eigenvalue weighted by Gasteiger charge is 2.47. The SMILES string of the molecule is C[C@]12CCCN1c1ccn3nc(N)c(c3n1)C(=O)NC1(CC1)COc1ncc(F)cc12. The molecule has 1 spiro atoms. The molecule has 3 aliphatic rings. The van der Waals surface area contributed by atoms with E-state index in [0.29, 0.717) is 22.9 Å². The first kappa shape index (κ1) is 18.3. The van der Waals surface area contributed by atoms with Crippen LogP contribution in [0.2, 0.25) is 0 Å². The predicted molar refractivity (Wildman–Crippen MR) is 110 cm³/mol. The summed E-state index contributed by atoms with van der Waals surface area (Å²) in [7, 11) is 0. The number of nitrogens with one attached hydrogen (secondary N) is 1. The molecule has 2 bridgehead atoms. The van der Waals surface area contributed by atoms with Crippen LogP contribution in [-0.2, 0) is 5.54 Å². The first-order chi connectivity index (χ1) is 14.9. The van der Waals surface area contributed by atoms with E-state index in [-0.39, 0.29) is 23.9 Å². The summed E-state index contributed by atoms with van der Waals surface area (Å²) in [5.41, 5.74) is 6.36. The van der Waals surface area contributed by atoms with E-state index in [2.05, 4.69) is 27.2 Å². The quantitative estimate of drug-likeness (QED) is 0.569. The van der Waals surface area contributed by atoms with E-state index in [1.807, 2.05) is 6.07 Å². The molecule has 6 rings (SSSR count). The van der Waals surface area contributed by atoms with Gasteiger partial charge in [-0.3, -0.25) is 4.79 Å². The second-order valence-corrected chi connectivity index (χ2v) is 8.87. The summed E-state index contributed by atoms with van der Waals surface area (Å²) >= 11 is 0. The molecule has 0 radical (unpaired) electrons. The number of ether oxygens (including phenoxy) is 1. The normalized spacial score (nSPS) is 24.1. The first-order valence-electron chi connectivity index (χ1n) is 10.4. The van der Waals surface area contributed by atoms with Crippen LogP contribution in [0.4, 0.5) is 16.0 Å². The number of anilines is 2. The van der Waals surface area contributed by atoms with Crippen LogP contribution in [0.3, 0.4) is 0 Å². The summed E-state index contributed by atoms with van der Waals surface area (Å²) in [4.78, 5) is 24.3. The fourth-order valence-corrected chi connectivity index (χ4v) is 4.81. The Morgan fingerprint density at radius 3 is 2.97 bits per heavy atom. The van der Waals surface area contributed by atoms with Gasteiger partial charge < -0.3 is 20.7 Å². The fourth-order valence-electron chi connectivity index (χ4n) is 4.81. The van der Waals surface area contributed by atoms with Crippen LogP contribution in [0.15, 0.2) is 24.5 Å². The third-order valence-electron chi connectivity index (χ3n) is 6.76. The molecule has 0 aromatic carbocycles. The van der Waals surface area contributed by atoms with Crippen molar-refractivity contribution < 1.29 is 13.9 Å². The maximum Gasteiger partial charge on any atom is 0.259 e. The molecule has 1 aliphatic carbocycles. The van der Waals surface area contributed by atoms with Crippen LogP contribution in [-0.4, -0.2) is 44.2 Å². The Kier molecular flexibility index (Phi) is 3.58. The van der Waals surface area contributed by atoms with Gasteiger partial charge in [0.2, 0.25) is 5.88 Å². The van der Waals surface area contributed by atoms with Crippen molar-refractivity contribution in [3.63, 3.8) is 0 Å². The van der Waals surface area contributed by atoms with Crippen molar-refractivity contribution in [1.29, 1.82) is 0 Å². The number of carbonyl (C=O) groups is 1. The summed E-state index contributed by atoms with van der Waals surface area (Å²) in [5, 5.41) is 7.31. The van der Waals surface area contributed by atoms with Crippen LogP contribution in [0.1, 0.15) is 48.5 Å². The number of nitrogens with two attached hydrogens (primary N) is 1. The number of amides is 1. The molecule has 3 aromatic heterocycles. The van der Waals surface area contributed by atoms with E-state index in [1.54, 1.807) is 6.20 Å². The molecular weight excluding hydrogens is 401 g/mol. The number of rotatable bonds is 0. The van der Waals surface area contributed by atoms with Gasteiger partial charge in [0.15, 0.2) is 11.5 Å². The Balaban J connectivity index is 1.59. The average Bonchev–Trinajstić information content (AvgIpc) is 3.24. The zero-order valence-corrected chi connectivity index (χ0v) is 17.1. The molecule has 2 fully saturated rings. The number of hydrogen-bond donors (Lipinski definition) is 2. The fraction of sp³-hybridized carbons (Fsp3) is 0.429. The predicted octanol–water partition coefficient (Wildman–Crippen LogP) is 2.02. The number of pyridine rings is 1. The zero-order chi connectivity index (χ0) is 21.4. The Labute approximate surface area is 177 Å². The van der Waals surface area contributed by atoms with E-state index in [0.717, 1.165) is 32.2 Å². The van der Waals surface area contributed by atoms with Gasteiger partial charge in [0.1, 0.15) is 23.8 Å². The van der Waals surface area contributed by atoms with Crippen molar-refractivity contribution in [3.8, 4) is 5.88 Å². The van der Waals surface area contributed by atoms with E-state index in [9.17, 15) is 9.18 Å². The van der Waals surface area contributed by atoms with Crippen LogP contribution in [0, 0.1) is 5.82 Å². The summed E-state index contributed by atoms with van der Waals surface area (Å²) in [5.74, 6) is 0.443. The number of halogens is 1. The molecular formula is C21H22FN7O2. The number of hydrogen-bond acceptors (Lipinski definition) is 7.